The molecule has 0 fully saturated rings. The van der Waals surface area contributed by atoms with Crippen LogP contribution in [-0.2, 0) is 6.54 Å². The molecule has 0 amide bonds. The first-order valence-corrected chi connectivity index (χ1v) is 6.28. The number of nitro groups is 1. The highest BCUT2D eigenvalue weighted by atomic mass is 35.5. The van der Waals surface area contributed by atoms with Gasteiger partial charge in [-0.05, 0) is 31.2 Å². The highest BCUT2D eigenvalue weighted by molar-refractivity contribution is 6.30. The lowest BCUT2D eigenvalue weighted by atomic mass is 10.1. The van der Waals surface area contributed by atoms with Gasteiger partial charge in [0.15, 0.2) is 0 Å². The van der Waals surface area contributed by atoms with Crippen molar-refractivity contribution in [3.63, 3.8) is 0 Å². The fourth-order valence-corrected chi connectivity index (χ4v) is 1.99. The second-order valence-electron chi connectivity index (χ2n) is 4.35. The third-order valence-electron chi connectivity index (χ3n) is 2.89. The Morgan fingerprint density at radius 2 is 2.05 bits per heavy atom. The third kappa shape index (κ3) is 3.24. The zero-order valence-electron chi connectivity index (χ0n) is 10.7. The molecule has 0 aliphatic heterocycles. The van der Waals surface area contributed by atoms with E-state index < -0.39 is 4.92 Å². The Balaban J connectivity index is 2.11. The molecule has 0 aromatic heterocycles. The molecule has 0 heterocycles. The predicted octanol–water partition coefficient (Wildman–Crippen LogP) is 4.31. The molecule has 0 radical (unpaired) electrons. The number of benzene rings is 2. The summed E-state index contributed by atoms with van der Waals surface area (Å²) in [7, 11) is 0. The van der Waals surface area contributed by atoms with Crippen LogP contribution < -0.4 is 5.32 Å². The van der Waals surface area contributed by atoms with Crippen LogP contribution in [0.2, 0.25) is 5.02 Å². The van der Waals surface area contributed by atoms with Crippen LogP contribution >= 0.6 is 11.6 Å². The standard InChI is InChI=1S/C14H12ClFN2O2/c1-9-6-12(4-5-14(9)18(19)20)17-8-10-2-3-11(15)7-13(10)16/h2-7,17H,8H2,1H3. The molecular formula is C14H12ClFN2O2. The van der Waals surface area contributed by atoms with Crippen LogP contribution in [0, 0.1) is 22.9 Å². The van der Waals surface area contributed by atoms with Gasteiger partial charge in [-0.1, -0.05) is 17.7 Å². The van der Waals surface area contributed by atoms with Crippen LogP contribution in [0.4, 0.5) is 15.8 Å². The number of anilines is 1. The Hall–Kier alpha value is -2.14. The number of hydrogen-bond acceptors (Lipinski definition) is 3. The van der Waals surface area contributed by atoms with Gasteiger partial charge in [-0.3, -0.25) is 10.1 Å². The summed E-state index contributed by atoms with van der Waals surface area (Å²) in [5, 5.41) is 14.1. The van der Waals surface area contributed by atoms with Crippen LogP contribution in [0.25, 0.3) is 0 Å². The predicted molar refractivity (Wildman–Crippen MR) is 76.6 cm³/mol. The zero-order chi connectivity index (χ0) is 14.7. The highest BCUT2D eigenvalue weighted by Crippen LogP contribution is 2.22. The normalized spacial score (nSPS) is 10.3. The van der Waals surface area contributed by atoms with E-state index in [1.807, 2.05) is 0 Å². The summed E-state index contributed by atoms with van der Waals surface area (Å²) in [5.41, 5.74) is 1.79. The molecule has 2 rings (SSSR count). The highest BCUT2D eigenvalue weighted by Gasteiger charge is 2.10. The molecule has 0 aliphatic carbocycles. The molecule has 0 bridgehead atoms. The van der Waals surface area contributed by atoms with Gasteiger partial charge in [-0.15, -0.1) is 0 Å². The molecule has 2 aromatic rings. The summed E-state index contributed by atoms with van der Waals surface area (Å²) < 4.78 is 13.6. The second kappa shape index (κ2) is 5.88. The molecule has 2 aromatic carbocycles. The van der Waals surface area contributed by atoms with Crippen LogP contribution in [-0.4, -0.2) is 4.92 Å². The van der Waals surface area contributed by atoms with Crippen molar-refractivity contribution in [2.45, 2.75) is 13.5 Å². The van der Waals surface area contributed by atoms with E-state index >= 15 is 0 Å². The molecule has 104 valence electrons. The molecule has 0 spiro atoms. The largest absolute Gasteiger partial charge is 0.381 e. The van der Waals surface area contributed by atoms with Crippen LogP contribution in [0.5, 0.6) is 0 Å². The van der Waals surface area contributed by atoms with Gasteiger partial charge in [-0.25, -0.2) is 4.39 Å². The lowest BCUT2D eigenvalue weighted by Crippen LogP contribution is -2.02. The molecule has 20 heavy (non-hydrogen) atoms. The molecule has 1 N–H and O–H groups in total. The van der Waals surface area contributed by atoms with Gasteiger partial charge in [-0.2, -0.15) is 0 Å². The van der Waals surface area contributed by atoms with Gasteiger partial charge in [0.1, 0.15) is 5.82 Å². The summed E-state index contributed by atoms with van der Waals surface area (Å²) in [5.74, 6) is -0.386. The summed E-state index contributed by atoms with van der Waals surface area (Å²) in [6.07, 6.45) is 0. The SMILES string of the molecule is Cc1cc(NCc2ccc(Cl)cc2F)ccc1[N+](=O)[O-]. The summed E-state index contributed by atoms with van der Waals surface area (Å²) >= 11 is 5.68. The van der Waals surface area contributed by atoms with Crippen molar-refractivity contribution in [3.05, 3.63) is 68.5 Å². The number of nitro benzene ring substituents is 1. The minimum Gasteiger partial charge on any atom is -0.381 e. The minimum atomic E-state index is -0.433. The average Bonchev–Trinajstić information content (AvgIpc) is 2.37. The van der Waals surface area contributed by atoms with Gasteiger partial charge >= 0.3 is 0 Å². The van der Waals surface area contributed by atoms with Crippen molar-refractivity contribution >= 4 is 23.0 Å². The first-order valence-electron chi connectivity index (χ1n) is 5.90. The Morgan fingerprint density at radius 3 is 2.65 bits per heavy atom. The zero-order valence-corrected chi connectivity index (χ0v) is 11.4. The molecule has 0 saturated heterocycles. The van der Waals surface area contributed by atoms with Crippen LogP contribution in [0.1, 0.15) is 11.1 Å². The lowest BCUT2D eigenvalue weighted by Gasteiger charge is -2.08. The molecular weight excluding hydrogens is 283 g/mol. The maximum Gasteiger partial charge on any atom is 0.272 e. The van der Waals surface area contributed by atoms with Crippen LogP contribution in [0.3, 0.4) is 0 Å². The monoisotopic (exact) mass is 294 g/mol. The number of nitrogens with one attached hydrogen (secondary N) is 1. The van der Waals surface area contributed by atoms with Crippen molar-refractivity contribution < 1.29 is 9.31 Å². The molecule has 0 atom stereocenters. The number of hydrogen-bond donors (Lipinski definition) is 1. The maximum absolute atomic E-state index is 13.6. The van der Waals surface area contributed by atoms with Gasteiger partial charge in [0.05, 0.1) is 4.92 Å². The summed E-state index contributed by atoms with van der Waals surface area (Å²) in [6.45, 7) is 1.94. The van der Waals surface area contributed by atoms with E-state index in [2.05, 4.69) is 5.32 Å². The maximum atomic E-state index is 13.6. The van der Waals surface area contributed by atoms with Crippen molar-refractivity contribution in [3.8, 4) is 0 Å². The number of halogens is 2. The van der Waals surface area contributed by atoms with E-state index in [-0.39, 0.29) is 18.0 Å². The van der Waals surface area contributed by atoms with Gasteiger partial charge < -0.3 is 5.32 Å². The van der Waals surface area contributed by atoms with E-state index in [0.717, 1.165) is 0 Å². The Morgan fingerprint density at radius 1 is 1.30 bits per heavy atom. The van der Waals surface area contributed by atoms with E-state index in [9.17, 15) is 14.5 Å². The average molecular weight is 295 g/mol. The Kier molecular flexibility index (Phi) is 4.20. The molecule has 6 heteroatoms. The minimum absolute atomic E-state index is 0.0632. The van der Waals surface area contributed by atoms with Crippen molar-refractivity contribution in [1.29, 1.82) is 0 Å². The number of rotatable bonds is 4. The summed E-state index contributed by atoms with van der Waals surface area (Å²) in [6, 6.07) is 9.14. The Bertz CT molecular complexity index is 662. The lowest BCUT2D eigenvalue weighted by molar-refractivity contribution is -0.385. The molecule has 0 saturated carbocycles. The van der Waals surface area contributed by atoms with Crippen LogP contribution in [0.15, 0.2) is 36.4 Å². The third-order valence-corrected chi connectivity index (χ3v) is 3.13. The smallest absolute Gasteiger partial charge is 0.272 e. The fourth-order valence-electron chi connectivity index (χ4n) is 1.83. The van der Waals surface area contributed by atoms with E-state index in [4.69, 9.17) is 11.6 Å². The first-order chi connectivity index (χ1) is 9.47. The van der Waals surface area contributed by atoms with E-state index in [1.54, 1.807) is 31.2 Å². The quantitative estimate of drug-likeness (QED) is 0.675. The van der Waals surface area contributed by atoms with Crippen molar-refractivity contribution in [2.75, 3.05) is 5.32 Å². The molecule has 4 nitrogen and oxygen atoms in total. The van der Waals surface area contributed by atoms with Crippen molar-refractivity contribution in [2.24, 2.45) is 0 Å². The molecule has 0 aliphatic rings. The van der Waals surface area contributed by atoms with Gasteiger partial charge in [0.25, 0.3) is 5.69 Å². The van der Waals surface area contributed by atoms with E-state index in [0.29, 0.717) is 21.8 Å². The topological polar surface area (TPSA) is 55.2 Å². The first kappa shape index (κ1) is 14.3. The van der Waals surface area contributed by atoms with Crippen molar-refractivity contribution in [1.82, 2.24) is 0 Å². The molecule has 0 unspecified atom stereocenters. The van der Waals surface area contributed by atoms with Gasteiger partial charge in [0.2, 0.25) is 0 Å². The number of nitrogens with zero attached hydrogens (tertiary/aromatic N) is 1. The van der Waals surface area contributed by atoms with Gasteiger partial charge in [0, 0.05) is 34.4 Å². The second-order valence-corrected chi connectivity index (χ2v) is 4.78. The van der Waals surface area contributed by atoms with E-state index in [1.165, 1.54) is 12.1 Å². The Labute approximate surface area is 120 Å². The number of aryl methyl sites for hydroxylation is 1. The fraction of sp³-hybridized carbons (Fsp3) is 0.143. The summed E-state index contributed by atoms with van der Waals surface area (Å²) in [4.78, 5) is 10.3.